The summed E-state index contributed by atoms with van der Waals surface area (Å²) < 4.78 is 11.1. The number of carboxylic acids is 1. The number of hydrogen-bond donors (Lipinski definition) is 2. The third-order valence-electron chi connectivity index (χ3n) is 1.33. The minimum atomic E-state index is -0.994. The third kappa shape index (κ3) is 9.02. The summed E-state index contributed by atoms with van der Waals surface area (Å²) in [6, 6.07) is -0.831. The van der Waals surface area contributed by atoms with E-state index in [1.165, 1.54) is 21.6 Å². The molecular weight excluding hydrogens is 266 g/mol. The summed E-state index contributed by atoms with van der Waals surface area (Å²) >= 11 is 0. The molecule has 0 saturated carbocycles. The van der Waals surface area contributed by atoms with E-state index in [0.29, 0.717) is 11.5 Å². The van der Waals surface area contributed by atoms with Crippen LogP contribution in [0.2, 0.25) is 0 Å². The van der Waals surface area contributed by atoms with Gasteiger partial charge in [-0.1, -0.05) is 33.7 Å². The Morgan fingerprint density at radius 1 is 1.62 bits per heavy atom. The van der Waals surface area contributed by atoms with Crippen molar-refractivity contribution in [1.82, 2.24) is 0 Å². The van der Waals surface area contributed by atoms with E-state index in [9.17, 15) is 9.00 Å². The van der Waals surface area contributed by atoms with Crippen LogP contribution in [0.1, 0.15) is 6.92 Å². The molecule has 0 saturated heterocycles. The summed E-state index contributed by atoms with van der Waals surface area (Å²) in [4.78, 5) is 10.4. The molecule has 3 N–H and O–H groups in total. The van der Waals surface area contributed by atoms with E-state index in [1.807, 2.05) is 6.92 Å². The predicted molar refractivity (Wildman–Crippen MR) is 72.6 cm³/mol. The zero-order valence-corrected chi connectivity index (χ0v) is 11.3. The molecular formula is C9H15NO3S3. The number of allylic oxidation sites excluding steroid dienone is 1. The summed E-state index contributed by atoms with van der Waals surface area (Å²) in [6.07, 6.45) is 3.54. The van der Waals surface area contributed by atoms with Gasteiger partial charge in [0.25, 0.3) is 0 Å². The molecule has 7 heteroatoms. The van der Waals surface area contributed by atoms with E-state index in [2.05, 4.69) is 0 Å². The summed E-state index contributed by atoms with van der Waals surface area (Å²) in [7, 11) is 1.80. The summed E-state index contributed by atoms with van der Waals surface area (Å²) in [5.74, 6) is -0.170. The standard InChI is InChI=1S/C9H15NO3S3/c1-2-5-16(13)6-3-4-14-15-7-8(10)9(11)12/h2-5,8H,6-7,10H2,1H3,(H,11,12)/b4-3+,5-2+. The van der Waals surface area contributed by atoms with E-state index in [0.717, 1.165) is 0 Å². The highest BCUT2D eigenvalue weighted by atomic mass is 33.1. The van der Waals surface area contributed by atoms with Crippen LogP contribution in [0.4, 0.5) is 0 Å². The number of carbonyl (C=O) groups is 1. The number of rotatable bonds is 8. The maximum absolute atomic E-state index is 11.1. The Kier molecular flexibility index (Phi) is 9.80. The number of aliphatic carboxylic acids is 1. The van der Waals surface area contributed by atoms with Crippen molar-refractivity contribution in [3.63, 3.8) is 0 Å². The van der Waals surface area contributed by atoms with Gasteiger partial charge in [-0.25, -0.2) is 0 Å². The second-order valence-electron chi connectivity index (χ2n) is 2.71. The first-order valence-electron chi connectivity index (χ1n) is 4.49. The van der Waals surface area contributed by atoms with Crippen LogP contribution in [0.5, 0.6) is 0 Å². The summed E-state index contributed by atoms with van der Waals surface area (Å²) in [5.41, 5.74) is 5.30. The predicted octanol–water partition coefficient (Wildman–Crippen LogP) is 1.58. The van der Waals surface area contributed by atoms with Crippen molar-refractivity contribution in [3.8, 4) is 0 Å². The second kappa shape index (κ2) is 9.95. The van der Waals surface area contributed by atoms with Crippen molar-refractivity contribution in [2.24, 2.45) is 5.73 Å². The fraction of sp³-hybridized carbons (Fsp3) is 0.444. The Labute approximate surface area is 106 Å². The van der Waals surface area contributed by atoms with Gasteiger partial charge in [-0.15, -0.1) is 0 Å². The minimum absolute atomic E-state index is 0.349. The van der Waals surface area contributed by atoms with Crippen molar-refractivity contribution in [3.05, 3.63) is 23.0 Å². The van der Waals surface area contributed by atoms with Crippen LogP contribution in [0.3, 0.4) is 0 Å². The highest BCUT2D eigenvalue weighted by molar-refractivity contribution is 8.77. The van der Waals surface area contributed by atoms with Crippen molar-refractivity contribution < 1.29 is 14.1 Å². The molecule has 0 heterocycles. The van der Waals surface area contributed by atoms with E-state index >= 15 is 0 Å². The van der Waals surface area contributed by atoms with Gasteiger partial charge in [0.15, 0.2) is 0 Å². The number of carboxylic acid groups (broad SMARTS) is 1. The van der Waals surface area contributed by atoms with Crippen LogP contribution in [0.25, 0.3) is 0 Å². The summed E-state index contributed by atoms with van der Waals surface area (Å²) in [5, 5.41) is 11.9. The molecule has 0 radical (unpaired) electrons. The topological polar surface area (TPSA) is 80.4 Å². The molecule has 0 aliphatic carbocycles. The smallest absolute Gasteiger partial charge is 0.321 e. The molecule has 2 atom stereocenters. The molecule has 0 aromatic heterocycles. The van der Waals surface area contributed by atoms with Crippen LogP contribution < -0.4 is 5.73 Å². The van der Waals surface area contributed by atoms with Gasteiger partial charge in [0.05, 0.1) is 0 Å². The van der Waals surface area contributed by atoms with Crippen molar-refractivity contribution in [2.45, 2.75) is 13.0 Å². The maximum Gasteiger partial charge on any atom is 0.321 e. The number of hydrogen-bond acceptors (Lipinski definition) is 5. The molecule has 0 rings (SSSR count). The first-order chi connectivity index (χ1) is 7.57. The largest absolute Gasteiger partial charge is 0.480 e. The van der Waals surface area contributed by atoms with Gasteiger partial charge in [0.1, 0.15) is 6.04 Å². The first kappa shape index (κ1) is 15.8. The van der Waals surface area contributed by atoms with Gasteiger partial charge in [-0.05, 0) is 17.7 Å². The first-order valence-corrected chi connectivity index (χ1v) is 8.26. The fourth-order valence-corrected chi connectivity index (χ4v) is 3.19. The van der Waals surface area contributed by atoms with Crippen LogP contribution in [0.15, 0.2) is 23.0 Å². The lowest BCUT2D eigenvalue weighted by molar-refractivity contribution is -0.137. The third-order valence-corrected chi connectivity index (χ3v) is 4.51. The molecule has 0 bridgehead atoms. The quantitative estimate of drug-likeness (QED) is 0.519. The normalized spacial score (nSPS) is 15.6. The van der Waals surface area contributed by atoms with Crippen LogP contribution in [0, 0.1) is 0 Å². The molecule has 16 heavy (non-hydrogen) atoms. The Hall–Kier alpha value is -0.240. The van der Waals surface area contributed by atoms with E-state index < -0.39 is 22.8 Å². The monoisotopic (exact) mass is 281 g/mol. The lowest BCUT2D eigenvalue weighted by Gasteiger charge is -2.02. The minimum Gasteiger partial charge on any atom is -0.480 e. The highest BCUT2D eigenvalue weighted by Crippen LogP contribution is 2.22. The SMILES string of the molecule is C/C=C/S(=O)C/C=C/SSCC(N)C(=O)O. The molecule has 4 nitrogen and oxygen atoms in total. The fourth-order valence-electron chi connectivity index (χ4n) is 0.604. The van der Waals surface area contributed by atoms with E-state index in [-0.39, 0.29) is 0 Å². The average molecular weight is 281 g/mol. The average Bonchev–Trinajstić information content (AvgIpc) is 2.23. The molecule has 0 amide bonds. The van der Waals surface area contributed by atoms with Crippen molar-refractivity contribution in [2.75, 3.05) is 11.5 Å². The maximum atomic E-state index is 11.1. The van der Waals surface area contributed by atoms with Gasteiger partial charge in [-0.2, -0.15) is 0 Å². The molecule has 0 aromatic carbocycles. The Balaban J connectivity index is 3.55. The van der Waals surface area contributed by atoms with Crippen LogP contribution in [-0.2, 0) is 15.6 Å². The Morgan fingerprint density at radius 2 is 2.31 bits per heavy atom. The Morgan fingerprint density at radius 3 is 2.88 bits per heavy atom. The molecule has 0 spiro atoms. The molecule has 0 aliphatic rings. The van der Waals surface area contributed by atoms with Gasteiger partial charge in [0, 0.05) is 22.3 Å². The van der Waals surface area contributed by atoms with Crippen LogP contribution in [-0.4, -0.2) is 32.8 Å². The van der Waals surface area contributed by atoms with Crippen molar-refractivity contribution >= 4 is 38.4 Å². The van der Waals surface area contributed by atoms with E-state index in [1.54, 1.807) is 23.0 Å². The van der Waals surface area contributed by atoms with Gasteiger partial charge in [-0.3, -0.25) is 9.00 Å². The Bertz CT molecular complexity index is 292. The van der Waals surface area contributed by atoms with Crippen molar-refractivity contribution in [1.29, 1.82) is 0 Å². The lowest BCUT2D eigenvalue weighted by atomic mass is 10.4. The molecule has 92 valence electrons. The van der Waals surface area contributed by atoms with Gasteiger partial charge < -0.3 is 10.8 Å². The molecule has 0 aromatic rings. The lowest BCUT2D eigenvalue weighted by Crippen LogP contribution is -2.32. The zero-order chi connectivity index (χ0) is 12.4. The second-order valence-corrected chi connectivity index (χ2v) is 6.40. The van der Waals surface area contributed by atoms with E-state index in [4.69, 9.17) is 10.8 Å². The zero-order valence-electron chi connectivity index (χ0n) is 8.87. The molecule has 0 aliphatic heterocycles. The summed E-state index contributed by atoms with van der Waals surface area (Å²) in [6.45, 7) is 1.82. The molecule has 0 fully saturated rings. The molecule has 2 unspecified atom stereocenters. The number of nitrogens with two attached hydrogens (primary N) is 1. The highest BCUT2D eigenvalue weighted by Gasteiger charge is 2.10. The van der Waals surface area contributed by atoms with Gasteiger partial charge >= 0.3 is 5.97 Å². The van der Waals surface area contributed by atoms with Gasteiger partial charge in [0.2, 0.25) is 0 Å². The van der Waals surface area contributed by atoms with Crippen LogP contribution >= 0.6 is 21.6 Å².